The van der Waals surface area contributed by atoms with E-state index in [1.807, 2.05) is 12.1 Å². The molecular weight excluding hydrogens is 522 g/mol. The van der Waals surface area contributed by atoms with E-state index in [9.17, 15) is 13.2 Å². The number of hydrogen-bond acceptors (Lipinski definition) is 5. The number of hydrogen-bond donors (Lipinski definition) is 1. The second-order valence-electron chi connectivity index (χ2n) is 12.1. The van der Waals surface area contributed by atoms with Crippen LogP contribution in [0.25, 0.3) is 0 Å². The van der Waals surface area contributed by atoms with Gasteiger partial charge < -0.3 is 9.64 Å². The van der Waals surface area contributed by atoms with Gasteiger partial charge in [0.2, 0.25) is 15.9 Å². The summed E-state index contributed by atoms with van der Waals surface area (Å²) in [5, 5.41) is 0. The molecule has 40 heavy (non-hydrogen) atoms. The first-order valence-corrected chi connectivity index (χ1v) is 16.6. The van der Waals surface area contributed by atoms with Crippen LogP contribution in [0.2, 0.25) is 0 Å². The summed E-state index contributed by atoms with van der Waals surface area (Å²) in [7, 11) is -2.04. The lowest BCUT2D eigenvalue weighted by molar-refractivity contribution is -0.133. The number of amides is 1. The fraction of sp³-hybridized carbons (Fsp3) is 0.594. The minimum Gasteiger partial charge on any atom is -0.492 e. The molecule has 1 N–H and O–H groups in total. The van der Waals surface area contributed by atoms with Crippen molar-refractivity contribution in [2.24, 2.45) is 11.3 Å². The van der Waals surface area contributed by atoms with Gasteiger partial charge in [0, 0.05) is 39.1 Å². The van der Waals surface area contributed by atoms with E-state index in [2.05, 4.69) is 38.8 Å². The highest BCUT2D eigenvalue weighted by Crippen LogP contribution is 2.40. The quantitative estimate of drug-likeness (QED) is 0.527. The summed E-state index contributed by atoms with van der Waals surface area (Å²) in [4.78, 5) is 18.1. The van der Waals surface area contributed by atoms with E-state index in [0.29, 0.717) is 12.8 Å². The minimum absolute atomic E-state index is 0.203. The molecular formula is C32H45N3O4S. The van der Waals surface area contributed by atoms with Crippen molar-refractivity contribution in [3.8, 4) is 5.75 Å². The molecule has 1 spiro atoms. The van der Waals surface area contributed by atoms with Crippen LogP contribution in [0.15, 0.2) is 53.4 Å². The number of piperidine rings is 1. The van der Waals surface area contributed by atoms with Gasteiger partial charge in [-0.1, -0.05) is 36.8 Å². The summed E-state index contributed by atoms with van der Waals surface area (Å²) in [6.07, 6.45) is 10.6. The highest BCUT2D eigenvalue weighted by Gasteiger charge is 2.38. The topological polar surface area (TPSA) is 79.0 Å². The molecule has 0 atom stereocenters. The van der Waals surface area contributed by atoms with Gasteiger partial charge in [0.1, 0.15) is 12.4 Å². The van der Waals surface area contributed by atoms with Crippen molar-refractivity contribution in [1.29, 1.82) is 0 Å². The van der Waals surface area contributed by atoms with Gasteiger partial charge in [-0.2, -0.15) is 0 Å². The molecule has 7 nitrogen and oxygen atoms in total. The van der Waals surface area contributed by atoms with Gasteiger partial charge in [0.15, 0.2) is 0 Å². The van der Waals surface area contributed by atoms with Crippen LogP contribution in [0.4, 0.5) is 0 Å². The maximum Gasteiger partial charge on any atom is 0.240 e. The van der Waals surface area contributed by atoms with Gasteiger partial charge in [-0.3, -0.25) is 9.69 Å². The van der Waals surface area contributed by atoms with E-state index in [0.717, 1.165) is 69.3 Å². The summed E-state index contributed by atoms with van der Waals surface area (Å²) in [5.74, 6) is 2.09. The van der Waals surface area contributed by atoms with Crippen molar-refractivity contribution >= 4 is 15.9 Å². The number of para-hydroxylation sites is 1. The summed E-state index contributed by atoms with van der Waals surface area (Å²) in [6, 6.07) is 15.4. The average molecular weight is 568 g/mol. The maximum atomic E-state index is 13.2. The monoisotopic (exact) mass is 567 g/mol. The summed E-state index contributed by atoms with van der Waals surface area (Å²) >= 11 is 0. The highest BCUT2D eigenvalue weighted by atomic mass is 32.2. The van der Waals surface area contributed by atoms with Crippen molar-refractivity contribution < 1.29 is 17.9 Å². The third-order valence-electron chi connectivity index (χ3n) is 9.12. The number of carbonyl (C=O) groups is 1. The van der Waals surface area contributed by atoms with E-state index in [1.165, 1.54) is 51.3 Å². The smallest absolute Gasteiger partial charge is 0.240 e. The maximum absolute atomic E-state index is 13.2. The van der Waals surface area contributed by atoms with Crippen LogP contribution in [0, 0.1) is 11.3 Å². The number of aryl methyl sites for hydroxylation is 2. The Kier molecular flexibility index (Phi) is 9.49. The van der Waals surface area contributed by atoms with Crippen molar-refractivity contribution in [3.05, 3.63) is 59.7 Å². The number of nitrogens with zero attached hydrogens (tertiary/aromatic N) is 2. The Bertz CT molecular complexity index is 1240. The summed E-state index contributed by atoms with van der Waals surface area (Å²) < 4.78 is 32.5. The first kappa shape index (κ1) is 29.1. The molecule has 1 saturated heterocycles. The number of carbonyl (C=O) groups excluding carboxylic acids is 1. The van der Waals surface area contributed by atoms with Crippen LogP contribution in [-0.4, -0.2) is 70.5 Å². The van der Waals surface area contributed by atoms with E-state index < -0.39 is 10.0 Å². The van der Waals surface area contributed by atoms with Gasteiger partial charge >= 0.3 is 0 Å². The van der Waals surface area contributed by atoms with Crippen molar-refractivity contribution in [2.45, 2.75) is 69.1 Å². The molecule has 2 aliphatic heterocycles. The number of ether oxygens (including phenoxy) is 1. The Labute approximate surface area is 240 Å². The second kappa shape index (κ2) is 13.0. The zero-order chi connectivity index (χ0) is 28.0. The molecule has 0 radical (unpaired) electrons. The molecule has 1 saturated carbocycles. The number of rotatable bonds is 7. The Balaban J connectivity index is 1.18. The fourth-order valence-electron chi connectivity index (χ4n) is 6.41. The zero-order valence-electron chi connectivity index (χ0n) is 23.9. The fourth-order valence-corrected chi connectivity index (χ4v) is 7.14. The molecule has 0 unspecified atom stereocenters. The Morgan fingerprint density at radius 3 is 2.48 bits per heavy atom. The predicted octanol–water partition coefficient (Wildman–Crippen LogP) is 4.65. The molecule has 218 valence electrons. The van der Waals surface area contributed by atoms with Crippen molar-refractivity contribution in [1.82, 2.24) is 14.5 Å². The van der Waals surface area contributed by atoms with Crippen LogP contribution >= 0.6 is 0 Å². The molecule has 8 heteroatoms. The summed E-state index contributed by atoms with van der Waals surface area (Å²) in [6.45, 7) is 5.63. The third-order valence-corrected chi connectivity index (χ3v) is 10.6. The number of benzene rings is 2. The van der Waals surface area contributed by atoms with E-state index in [4.69, 9.17) is 4.74 Å². The SMILES string of the molecule is CNS(=O)(=O)c1ccc(CCC(=O)N2CCC3(CCCCc4ccccc4OCCN(CC4CC4)C3)CC2)cc1. The minimum atomic E-state index is -3.45. The molecule has 1 amide bonds. The third kappa shape index (κ3) is 7.65. The molecule has 2 aromatic carbocycles. The van der Waals surface area contributed by atoms with E-state index in [1.54, 1.807) is 12.1 Å². The van der Waals surface area contributed by atoms with Crippen molar-refractivity contribution in [3.63, 3.8) is 0 Å². The number of fused-ring (bicyclic) bond motifs is 1. The van der Waals surface area contributed by atoms with Crippen LogP contribution in [0.1, 0.15) is 62.5 Å². The molecule has 5 rings (SSSR count). The van der Waals surface area contributed by atoms with Crippen LogP contribution in [0.3, 0.4) is 0 Å². The first-order valence-electron chi connectivity index (χ1n) is 15.1. The van der Waals surface area contributed by atoms with Gasteiger partial charge in [-0.25, -0.2) is 13.1 Å². The largest absolute Gasteiger partial charge is 0.492 e. The lowest BCUT2D eigenvalue weighted by atomic mass is 9.73. The van der Waals surface area contributed by atoms with Gasteiger partial charge in [0.25, 0.3) is 0 Å². The van der Waals surface area contributed by atoms with Gasteiger partial charge in [-0.15, -0.1) is 0 Å². The zero-order valence-corrected chi connectivity index (χ0v) is 24.8. The van der Waals surface area contributed by atoms with Gasteiger partial charge in [0.05, 0.1) is 4.90 Å². The van der Waals surface area contributed by atoms with Crippen molar-refractivity contribution in [2.75, 3.05) is 46.4 Å². The van der Waals surface area contributed by atoms with Crippen LogP contribution < -0.4 is 9.46 Å². The highest BCUT2D eigenvalue weighted by molar-refractivity contribution is 7.89. The number of likely N-dealkylation sites (tertiary alicyclic amines) is 1. The Morgan fingerprint density at radius 1 is 1.00 bits per heavy atom. The predicted molar refractivity (Wildman–Crippen MR) is 158 cm³/mol. The van der Waals surface area contributed by atoms with Gasteiger partial charge in [-0.05, 0) is 99.1 Å². The van der Waals surface area contributed by atoms with Crippen LogP contribution in [-0.2, 0) is 27.7 Å². The number of nitrogens with one attached hydrogen (secondary N) is 1. The Morgan fingerprint density at radius 2 is 1.75 bits per heavy atom. The molecule has 2 heterocycles. The molecule has 1 aliphatic carbocycles. The normalized spacial score (nSPS) is 20.7. The Hall–Kier alpha value is -2.42. The lowest BCUT2D eigenvalue weighted by Gasteiger charge is -2.45. The standard InChI is InChI=1S/C32H45N3O4S/c1-33-40(37,38)29-14-11-26(12-15-29)13-16-31(36)35-20-18-32(19-21-35)17-5-4-7-28-6-2-3-8-30(28)39-23-22-34(25-32)24-27-9-10-27/h2-3,6,8,11-12,14-15,27,33H,4-5,7,9-10,13,16-25H2,1H3. The van der Waals surface area contributed by atoms with E-state index >= 15 is 0 Å². The molecule has 0 aromatic heterocycles. The second-order valence-corrected chi connectivity index (χ2v) is 14.0. The van der Waals surface area contributed by atoms with E-state index in [-0.39, 0.29) is 16.2 Å². The summed E-state index contributed by atoms with van der Waals surface area (Å²) in [5.41, 5.74) is 2.57. The number of sulfonamides is 1. The molecule has 2 fully saturated rings. The average Bonchev–Trinajstić information content (AvgIpc) is 3.79. The molecule has 3 aliphatic rings. The lowest BCUT2D eigenvalue weighted by Crippen LogP contribution is -2.49. The van der Waals surface area contributed by atoms with Crippen LogP contribution in [0.5, 0.6) is 5.75 Å². The molecule has 2 aromatic rings. The first-order chi connectivity index (χ1) is 19.4. The molecule has 0 bridgehead atoms.